The van der Waals surface area contributed by atoms with E-state index in [2.05, 4.69) is 36.1 Å². The minimum Gasteiger partial charge on any atom is -0.466 e. The number of ether oxygens (including phenoxy) is 1. The molecule has 0 radical (unpaired) electrons. The maximum atomic E-state index is 11.8. The summed E-state index contributed by atoms with van der Waals surface area (Å²) in [6, 6.07) is 8.46. The van der Waals surface area contributed by atoms with Crippen LogP contribution < -0.4 is 0 Å². The van der Waals surface area contributed by atoms with Crippen LogP contribution >= 0.6 is 0 Å². The molecule has 1 heterocycles. The van der Waals surface area contributed by atoms with Crippen LogP contribution in [0.1, 0.15) is 30.9 Å². The molecule has 3 heteroatoms. The van der Waals surface area contributed by atoms with Crippen molar-refractivity contribution in [3.8, 4) is 0 Å². The summed E-state index contributed by atoms with van der Waals surface area (Å²) in [6.07, 6.45) is 2.04. The van der Waals surface area contributed by atoms with Gasteiger partial charge in [-0.15, -0.1) is 0 Å². The largest absolute Gasteiger partial charge is 0.466 e. The molecule has 0 N–H and O–H groups in total. The van der Waals surface area contributed by atoms with Crippen molar-refractivity contribution in [3.63, 3.8) is 0 Å². The van der Waals surface area contributed by atoms with Gasteiger partial charge in [-0.3, -0.25) is 9.69 Å². The first-order valence-electron chi connectivity index (χ1n) is 7.14. The molecule has 1 atom stereocenters. The van der Waals surface area contributed by atoms with Gasteiger partial charge in [0, 0.05) is 13.1 Å². The number of likely N-dealkylation sites (tertiary alicyclic amines) is 1. The molecule has 0 amide bonds. The van der Waals surface area contributed by atoms with Gasteiger partial charge in [0.25, 0.3) is 0 Å². The zero-order valence-corrected chi connectivity index (χ0v) is 11.9. The van der Waals surface area contributed by atoms with Gasteiger partial charge in [0.2, 0.25) is 0 Å². The third-order valence-electron chi connectivity index (χ3n) is 3.78. The van der Waals surface area contributed by atoms with Gasteiger partial charge in [-0.25, -0.2) is 0 Å². The molecule has 1 aliphatic rings. The summed E-state index contributed by atoms with van der Waals surface area (Å²) in [5.41, 5.74) is 2.67. The summed E-state index contributed by atoms with van der Waals surface area (Å²) < 4.78 is 5.14. The van der Waals surface area contributed by atoms with Crippen molar-refractivity contribution in [3.05, 3.63) is 35.4 Å². The van der Waals surface area contributed by atoms with Gasteiger partial charge in [0.1, 0.15) is 0 Å². The quantitative estimate of drug-likeness (QED) is 0.781. The van der Waals surface area contributed by atoms with E-state index in [0.29, 0.717) is 6.61 Å². The highest BCUT2D eigenvalue weighted by atomic mass is 16.5. The number of carbonyl (C=O) groups excluding carboxylic acids is 1. The van der Waals surface area contributed by atoms with Gasteiger partial charge < -0.3 is 4.74 Å². The average molecular weight is 261 g/mol. The summed E-state index contributed by atoms with van der Waals surface area (Å²) in [7, 11) is 0. The molecule has 19 heavy (non-hydrogen) atoms. The molecule has 1 aliphatic heterocycles. The summed E-state index contributed by atoms with van der Waals surface area (Å²) in [5, 5.41) is 0. The second-order valence-corrected chi connectivity index (χ2v) is 5.25. The fraction of sp³-hybridized carbons (Fsp3) is 0.562. The maximum Gasteiger partial charge on any atom is 0.310 e. The van der Waals surface area contributed by atoms with Crippen molar-refractivity contribution in [1.29, 1.82) is 0 Å². The molecule has 2 rings (SSSR count). The van der Waals surface area contributed by atoms with Crippen molar-refractivity contribution in [2.24, 2.45) is 5.92 Å². The second kappa shape index (κ2) is 6.71. The first kappa shape index (κ1) is 14.1. The third kappa shape index (κ3) is 3.80. The Balaban J connectivity index is 1.94. The molecule has 1 aromatic rings. The minimum atomic E-state index is -0.0306. The lowest BCUT2D eigenvalue weighted by atomic mass is 9.97. The Kier molecular flexibility index (Phi) is 4.97. The van der Waals surface area contributed by atoms with E-state index in [0.717, 1.165) is 32.5 Å². The standard InChI is InChI=1S/C16H23NO2/c1-3-19-16(18)15-9-6-10-17(12-15)11-14-8-5-4-7-13(14)2/h4-5,7-8,15H,3,6,9-12H2,1-2H3/t15-/m1/s1. The van der Waals surface area contributed by atoms with Crippen LogP contribution in [0.2, 0.25) is 0 Å². The molecule has 1 aromatic carbocycles. The fourth-order valence-electron chi connectivity index (χ4n) is 2.68. The number of rotatable bonds is 4. The normalized spacial score (nSPS) is 20.2. The Morgan fingerprint density at radius 3 is 2.95 bits per heavy atom. The van der Waals surface area contributed by atoms with Crippen LogP contribution in [-0.2, 0) is 16.1 Å². The average Bonchev–Trinajstić information content (AvgIpc) is 2.42. The second-order valence-electron chi connectivity index (χ2n) is 5.25. The van der Waals surface area contributed by atoms with Gasteiger partial charge in [-0.2, -0.15) is 0 Å². The lowest BCUT2D eigenvalue weighted by molar-refractivity contribution is -0.150. The van der Waals surface area contributed by atoms with Crippen molar-refractivity contribution >= 4 is 5.97 Å². The molecular weight excluding hydrogens is 238 g/mol. The van der Waals surface area contributed by atoms with E-state index < -0.39 is 0 Å². The summed E-state index contributed by atoms with van der Waals surface area (Å²) in [4.78, 5) is 14.2. The Bertz CT molecular complexity index is 431. The predicted octanol–water partition coefficient (Wildman–Crippen LogP) is 2.77. The zero-order chi connectivity index (χ0) is 13.7. The monoisotopic (exact) mass is 261 g/mol. The molecular formula is C16H23NO2. The maximum absolute atomic E-state index is 11.8. The first-order valence-corrected chi connectivity index (χ1v) is 7.14. The molecule has 1 fully saturated rings. The molecule has 0 saturated carbocycles. The molecule has 3 nitrogen and oxygen atoms in total. The molecule has 0 spiro atoms. The highest BCUT2D eigenvalue weighted by Gasteiger charge is 2.26. The van der Waals surface area contributed by atoms with Crippen LogP contribution in [0.25, 0.3) is 0 Å². The predicted molar refractivity (Wildman–Crippen MR) is 75.8 cm³/mol. The van der Waals surface area contributed by atoms with E-state index in [1.807, 2.05) is 6.92 Å². The number of piperidine rings is 1. The van der Waals surface area contributed by atoms with Crippen LogP contribution in [-0.4, -0.2) is 30.6 Å². The molecule has 0 unspecified atom stereocenters. The summed E-state index contributed by atoms with van der Waals surface area (Å²) in [5.74, 6) is 0.0229. The SMILES string of the molecule is CCOC(=O)[C@@H]1CCCN(Cc2ccccc2C)C1. The fourth-order valence-corrected chi connectivity index (χ4v) is 2.68. The molecule has 0 aliphatic carbocycles. The van der Waals surface area contributed by atoms with Crippen LogP contribution in [0.4, 0.5) is 0 Å². The van der Waals surface area contributed by atoms with Crippen molar-refractivity contribution in [2.45, 2.75) is 33.2 Å². The van der Waals surface area contributed by atoms with E-state index in [1.165, 1.54) is 11.1 Å². The van der Waals surface area contributed by atoms with E-state index in [4.69, 9.17) is 4.74 Å². The highest BCUT2D eigenvalue weighted by Crippen LogP contribution is 2.20. The van der Waals surface area contributed by atoms with Crippen LogP contribution in [0.5, 0.6) is 0 Å². The zero-order valence-electron chi connectivity index (χ0n) is 11.9. The number of benzene rings is 1. The van der Waals surface area contributed by atoms with Crippen LogP contribution in [0, 0.1) is 12.8 Å². The van der Waals surface area contributed by atoms with E-state index >= 15 is 0 Å². The highest BCUT2D eigenvalue weighted by molar-refractivity contribution is 5.72. The Labute approximate surface area is 115 Å². The minimum absolute atomic E-state index is 0.0306. The lowest BCUT2D eigenvalue weighted by Gasteiger charge is -2.31. The molecule has 1 saturated heterocycles. The van der Waals surface area contributed by atoms with E-state index in [-0.39, 0.29) is 11.9 Å². The van der Waals surface area contributed by atoms with Crippen molar-refractivity contribution in [1.82, 2.24) is 4.90 Å². The van der Waals surface area contributed by atoms with Crippen LogP contribution in [0.3, 0.4) is 0 Å². The summed E-state index contributed by atoms with van der Waals surface area (Å²) in [6.45, 7) is 7.32. The van der Waals surface area contributed by atoms with Crippen molar-refractivity contribution in [2.75, 3.05) is 19.7 Å². The number of nitrogens with zero attached hydrogens (tertiary/aromatic N) is 1. The van der Waals surface area contributed by atoms with Crippen LogP contribution in [0.15, 0.2) is 24.3 Å². The molecule has 0 aromatic heterocycles. The Morgan fingerprint density at radius 1 is 1.42 bits per heavy atom. The smallest absolute Gasteiger partial charge is 0.310 e. The van der Waals surface area contributed by atoms with Gasteiger partial charge in [0.15, 0.2) is 0 Å². The Morgan fingerprint density at radius 2 is 2.21 bits per heavy atom. The van der Waals surface area contributed by atoms with E-state index in [9.17, 15) is 4.79 Å². The first-order chi connectivity index (χ1) is 9.20. The van der Waals surface area contributed by atoms with E-state index in [1.54, 1.807) is 0 Å². The molecule has 104 valence electrons. The van der Waals surface area contributed by atoms with Gasteiger partial charge in [0.05, 0.1) is 12.5 Å². The molecule has 0 bridgehead atoms. The number of aryl methyl sites for hydroxylation is 1. The van der Waals surface area contributed by atoms with Crippen molar-refractivity contribution < 1.29 is 9.53 Å². The van der Waals surface area contributed by atoms with Gasteiger partial charge in [-0.1, -0.05) is 24.3 Å². The number of hydrogen-bond donors (Lipinski definition) is 0. The topological polar surface area (TPSA) is 29.5 Å². The number of hydrogen-bond acceptors (Lipinski definition) is 3. The number of esters is 1. The third-order valence-corrected chi connectivity index (χ3v) is 3.78. The van der Waals surface area contributed by atoms with Gasteiger partial charge >= 0.3 is 5.97 Å². The number of carbonyl (C=O) groups is 1. The summed E-state index contributed by atoms with van der Waals surface area (Å²) >= 11 is 0. The van der Waals surface area contributed by atoms with Gasteiger partial charge in [-0.05, 0) is 44.4 Å². The Hall–Kier alpha value is -1.35. The lowest BCUT2D eigenvalue weighted by Crippen LogP contribution is -2.39.